The second-order valence-electron chi connectivity index (χ2n) is 4.18. The molecule has 0 aliphatic rings. The minimum absolute atomic E-state index is 0.0603. The number of carbonyl (C=O) groups is 1. The first-order valence-corrected chi connectivity index (χ1v) is 6.83. The average molecular weight is 301 g/mol. The van der Waals surface area contributed by atoms with Crippen molar-refractivity contribution in [2.45, 2.75) is 20.0 Å². The standard InChI is InChI=1S/C12H13ClN2O3S/c1-8-4-9(18-14-8)5-15(7-12(16)17)6-10-2-3-11(13)19-10/h2-4H,5-7H2,1H3,(H,16,17). The zero-order chi connectivity index (χ0) is 13.8. The SMILES string of the molecule is Cc1cc(CN(CC(=O)O)Cc2ccc(Cl)s2)on1. The maximum atomic E-state index is 10.9. The summed E-state index contributed by atoms with van der Waals surface area (Å²) in [4.78, 5) is 13.7. The Bertz CT molecular complexity index is 525. The predicted octanol–water partition coefficient (Wildman–Crippen LogP) is 2.78. The van der Waals surface area contributed by atoms with Crippen LogP contribution < -0.4 is 0 Å². The van der Waals surface area contributed by atoms with Crippen molar-refractivity contribution in [1.29, 1.82) is 0 Å². The van der Waals surface area contributed by atoms with E-state index in [4.69, 9.17) is 21.2 Å². The molecular formula is C12H13ClN2O3S. The van der Waals surface area contributed by atoms with Crippen LogP contribution in [-0.2, 0) is 17.9 Å². The lowest BCUT2D eigenvalue weighted by atomic mass is 10.3. The Morgan fingerprint density at radius 2 is 2.32 bits per heavy atom. The zero-order valence-electron chi connectivity index (χ0n) is 10.3. The van der Waals surface area contributed by atoms with E-state index in [-0.39, 0.29) is 6.54 Å². The molecule has 2 heterocycles. The van der Waals surface area contributed by atoms with Gasteiger partial charge in [-0.3, -0.25) is 9.69 Å². The van der Waals surface area contributed by atoms with Crippen LogP contribution in [0, 0.1) is 6.92 Å². The molecule has 0 radical (unpaired) electrons. The third kappa shape index (κ3) is 4.34. The van der Waals surface area contributed by atoms with Crippen molar-refractivity contribution in [3.63, 3.8) is 0 Å². The van der Waals surface area contributed by atoms with E-state index in [0.717, 1.165) is 10.6 Å². The average Bonchev–Trinajstić information content (AvgIpc) is 2.87. The van der Waals surface area contributed by atoms with Crippen LogP contribution in [0.2, 0.25) is 4.34 Å². The summed E-state index contributed by atoms with van der Waals surface area (Å²) in [6.07, 6.45) is 0. The molecule has 2 aromatic rings. The van der Waals surface area contributed by atoms with Gasteiger partial charge >= 0.3 is 5.97 Å². The Hall–Kier alpha value is -1.37. The van der Waals surface area contributed by atoms with E-state index >= 15 is 0 Å². The summed E-state index contributed by atoms with van der Waals surface area (Å²) in [6, 6.07) is 5.50. The highest BCUT2D eigenvalue weighted by atomic mass is 35.5. The van der Waals surface area contributed by atoms with E-state index in [1.54, 1.807) is 17.0 Å². The zero-order valence-corrected chi connectivity index (χ0v) is 11.9. The Morgan fingerprint density at radius 3 is 2.84 bits per heavy atom. The van der Waals surface area contributed by atoms with Gasteiger partial charge in [-0.2, -0.15) is 0 Å². The topological polar surface area (TPSA) is 66.6 Å². The molecule has 0 amide bonds. The number of halogens is 1. The van der Waals surface area contributed by atoms with Crippen molar-refractivity contribution < 1.29 is 14.4 Å². The van der Waals surface area contributed by atoms with Crippen LogP contribution in [0.25, 0.3) is 0 Å². The number of carboxylic acid groups (broad SMARTS) is 1. The maximum Gasteiger partial charge on any atom is 0.317 e. The molecule has 0 bridgehead atoms. The van der Waals surface area contributed by atoms with E-state index in [9.17, 15) is 4.79 Å². The van der Waals surface area contributed by atoms with Crippen LogP contribution in [0.5, 0.6) is 0 Å². The molecule has 102 valence electrons. The van der Waals surface area contributed by atoms with Gasteiger partial charge in [0.25, 0.3) is 0 Å². The number of rotatable bonds is 6. The molecule has 0 aliphatic heterocycles. The molecule has 1 N–H and O–H groups in total. The first-order chi connectivity index (χ1) is 9.02. The molecule has 5 nitrogen and oxygen atoms in total. The molecule has 2 aromatic heterocycles. The van der Waals surface area contributed by atoms with Crippen molar-refractivity contribution in [1.82, 2.24) is 10.1 Å². The summed E-state index contributed by atoms with van der Waals surface area (Å²) in [7, 11) is 0. The number of aromatic nitrogens is 1. The van der Waals surface area contributed by atoms with E-state index in [2.05, 4.69) is 5.16 Å². The van der Waals surface area contributed by atoms with E-state index in [1.165, 1.54) is 11.3 Å². The van der Waals surface area contributed by atoms with Gasteiger partial charge in [-0.25, -0.2) is 0 Å². The molecule has 0 spiro atoms. The van der Waals surface area contributed by atoms with Gasteiger partial charge in [0.15, 0.2) is 5.76 Å². The van der Waals surface area contributed by atoms with Crippen molar-refractivity contribution in [3.8, 4) is 0 Å². The molecule has 0 aliphatic carbocycles. The first kappa shape index (κ1) is 14.0. The molecule has 0 aromatic carbocycles. The minimum Gasteiger partial charge on any atom is -0.480 e. The number of hydrogen-bond donors (Lipinski definition) is 1. The van der Waals surface area contributed by atoms with E-state index < -0.39 is 5.97 Å². The van der Waals surface area contributed by atoms with Crippen LogP contribution in [-0.4, -0.2) is 27.7 Å². The summed E-state index contributed by atoms with van der Waals surface area (Å²) in [5, 5.41) is 12.7. The summed E-state index contributed by atoms with van der Waals surface area (Å²) < 4.78 is 5.81. The second-order valence-corrected chi connectivity index (χ2v) is 5.98. The number of aryl methyl sites for hydroxylation is 1. The van der Waals surface area contributed by atoms with Crippen molar-refractivity contribution >= 4 is 28.9 Å². The number of aliphatic carboxylic acids is 1. The van der Waals surface area contributed by atoms with Gasteiger partial charge < -0.3 is 9.63 Å². The molecule has 0 saturated heterocycles. The Morgan fingerprint density at radius 1 is 1.53 bits per heavy atom. The quantitative estimate of drug-likeness (QED) is 0.888. The van der Waals surface area contributed by atoms with Crippen LogP contribution in [0.15, 0.2) is 22.7 Å². The van der Waals surface area contributed by atoms with Gasteiger partial charge in [-0.1, -0.05) is 16.8 Å². The first-order valence-electron chi connectivity index (χ1n) is 5.63. The Balaban J connectivity index is 2.04. The fraction of sp³-hybridized carbons (Fsp3) is 0.333. The summed E-state index contributed by atoms with van der Waals surface area (Å²) >= 11 is 7.31. The predicted molar refractivity (Wildman–Crippen MR) is 72.3 cm³/mol. The highest BCUT2D eigenvalue weighted by molar-refractivity contribution is 7.16. The highest BCUT2D eigenvalue weighted by Gasteiger charge is 2.14. The maximum absolute atomic E-state index is 10.9. The summed E-state index contributed by atoms with van der Waals surface area (Å²) in [5.74, 6) is -0.222. The van der Waals surface area contributed by atoms with Crippen LogP contribution >= 0.6 is 22.9 Å². The van der Waals surface area contributed by atoms with Crippen LogP contribution in [0.3, 0.4) is 0 Å². The summed E-state index contributed by atoms with van der Waals surface area (Å²) in [5.41, 5.74) is 0.782. The summed E-state index contributed by atoms with van der Waals surface area (Å²) in [6.45, 7) is 2.69. The lowest BCUT2D eigenvalue weighted by Crippen LogP contribution is -2.28. The molecule has 0 saturated carbocycles. The Labute approximate surface area is 119 Å². The lowest BCUT2D eigenvalue weighted by molar-refractivity contribution is -0.138. The number of hydrogen-bond acceptors (Lipinski definition) is 5. The fourth-order valence-electron chi connectivity index (χ4n) is 1.73. The van der Waals surface area contributed by atoms with Crippen LogP contribution in [0.1, 0.15) is 16.3 Å². The van der Waals surface area contributed by atoms with Gasteiger partial charge in [0.2, 0.25) is 0 Å². The van der Waals surface area contributed by atoms with Gasteiger partial charge in [0, 0.05) is 17.5 Å². The molecule has 2 rings (SSSR count). The largest absolute Gasteiger partial charge is 0.480 e. The number of nitrogens with zero attached hydrogens (tertiary/aromatic N) is 2. The number of carboxylic acids is 1. The third-order valence-corrected chi connectivity index (χ3v) is 3.64. The number of thiophene rings is 1. The third-order valence-electron chi connectivity index (χ3n) is 2.42. The molecule has 0 unspecified atom stereocenters. The van der Waals surface area contributed by atoms with Crippen LogP contribution in [0.4, 0.5) is 0 Å². The van der Waals surface area contributed by atoms with Crippen molar-refractivity contribution in [2.75, 3.05) is 6.54 Å². The van der Waals surface area contributed by atoms with E-state index in [0.29, 0.717) is 23.2 Å². The monoisotopic (exact) mass is 300 g/mol. The molecular weight excluding hydrogens is 288 g/mol. The van der Waals surface area contributed by atoms with Gasteiger partial charge in [-0.15, -0.1) is 11.3 Å². The fourth-order valence-corrected chi connectivity index (χ4v) is 2.86. The second kappa shape index (κ2) is 6.18. The smallest absolute Gasteiger partial charge is 0.317 e. The van der Waals surface area contributed by atoms with E-state index in [1.807, 2.05) is 13.0 Å². The van der Waals surface area contributed by atoms with Gasteiger partial charge in [-0.05, 0) is 19.1 Å². The normalized spacial score (nSPS) is 11.1. The molecule has 7 heteroatoms. The molecule has 0 atom stereocenters. The minimum atomic E-state index is -0.876. The van der Waals surface area contributed by atoms with Crippen molar-refractivity contribution in [2.24, 2.45) is 0 Å². The van der Waals surface area contributed by atoms with Gasteiger partial charge in [0.05, 0.1) is 23.1 Å². The van der Waals surface area contributed by atoms with Crippen molar-refractivity contribution in [3.05, 3.63) is 38.9 Å². The highest BCUT2D eigenvalue weighted by Crippen LogP contribution is 2.23. The molecule has 0 fully saturated rings. The molecule has 19 heavy (non-hydrogen) atoms. The Kier molecular flexibility index (Phi) is 4.57. The lowest BCUT2D eigenvalue weighted by Gasteiger charge is -2.17. The van der Waals surface area contributed by atoms with Gasteiger partial charge in [0.1, 0.15) is 0 Å².